The number of hydrogen-bond acceptors (Lipinski definition) is 5. The second-order valence-corrected chi connectivity index (χ2v) is 7.18. The van der Waals surface area contributed by atoms with Gasteiger partial charge < -0.3 is 23.5 Å². The second-order valence-electron chi connectivity index (χ2n) is 7.18. The number of ether oxygens (including phenoxy) is 4. The molecule has 1 heterocycles. The molecule has 0 saturated heterocycles. The highest BCUT2D eigenvalue weighted by molar-refractivity contribution is 5.31. The van der Waals surface area contributed by atoms with Gasteiger partial charge in [0.2, 0.25) is 5.43 Å². The lowest BCUT2D eigenvalue weighted by Crippen LogP contribution is -2.18. The maximum absolute atomic E-state index is 12.3. The van der Waals surface area contributed by atoms with E-state index in [1.54, 1.807) is 13.3 Å². The number of rotatable bonds is 11. The van der Waals surface area contributed by atoms with Crippen LogP contribution in [0, 0.1) is 13.8 Å². The van der Waals surface area contributed by atoms with Crippen molar-refractivity contribution < 1.29 is 18.9 Å². The van der Waals surface area contributed by atoms with Crippen molar-refractivity contribution >= 4 is 0 Å². The molecule has 6 nitrogen and oxygen atoms in total. The maximum atomic E-state index is 12.3. The molecule has 0 radical (unpaired) electrons. The predicted molar refractivity (Wildman–Crippen MR) is 121 cm³/mol. The summed E-state index contributed by atoms with van der Waals surface area (Å²) in [6, 6.07) is 16.9. The third-order valence-corrected chi connectivity index (χ3v) is 4.87. The molecular formula is C25H29NO5. The molecular weight excluding hydrogens is 394 g/mol. The van der Waals surface area contributed by atoms with E-state index in [2.05, 4.69) is 0 Å². The van der Waals surface area contributed by atoms with Gasteiger partial charge in [0.05, 0.1) is 32.6 Å². The zero-order valence-electron chi connectivity index (χ0n) is 18.3. The third-order valence-electron chi connectivity index (χ3n) is 4.87. The van der Waals surface area contributed by atoms with Crippen LogP contribution in [0.4, 0.5) is 0 Å². The first kappa shape index (κ1) is 22.3. The fourth-order valence-corrected chi connectivity index (χ4v) is 3.06. The Kier molecular flexibility index (Phi) is 7.98. The minimum atomic E-state index is -0.121. The Hall–Kier alpha value is -3.41. The van der Waals surface area contributed by atoms with Crippen LogP contribution >= 0.6 is 0 Å². The highest BCUT2D eigenvalue weighted by Gasteiger charge is 2.09. The first-order valence-corrected chi connectivity index (χ1v) is 10.4. The molecule has 2 aromatic carbocycles. The molecule has 31 heavy (non-hydrogen) atoms. The van der Waals surface area contributed by atoms with Gasteiger partial charge in [0, 0.05) is 18.7 Å². The van der Waals surface area contributed by atoms with Crippen LogP contribution in [-0.2, 0) is 6.54 Å². The zero-order chi connectivity index (χ0) is 22.1. The average molecular weight is 424 g/mol. The van der Waals surface area contributed by atoms with E-state index in [0.29, 0.717) is 38.5 Å². The van der Waals surface area contributed by atoms with Gasteiger partial charge >= 0.3 is 0 Å². The highest BCUT2D eigenvalue weighted by atomic mass is 16.5. The van der Waals surface area contributed by atoms with Crippen LogP contribution in [0.2, 0.25) is 0 Å². The largest absolute Gasteiger partial charge is 0.497 e. The summed E-state index contributed by atoms with van der Waals surface area (Å²) in [4.78, 5) is 12.3. The van der Waals surface area contributed by atoms with Gasteiger partial charge in [0.1, 0.15) is 23.9 Å². The van der Waals surface area contributed by atoms with Crippen LogP contribution in [0.25, 0.3) is 0 Å². The summed E-state index contributed by atoms with van der Waals surface area (Å²) in [5, 5.41) is 0. The average Bonchev–Trinajstić information content (AvgIpc) is 2.79. The molecule has 164 valence electrons. The Labute approximate surface area is 183 Å². The Morgan fingerprint density at radius 3 is 2.00 bits per heavy atom. The van der Waals surface area contributed by atoms with Gasteiger partial charge in [-0.15, -0.1) is 0 Å². The van der Waals surface area contributed by atoms with Crippen molar-refractivity contribution in [2.75, 3.05) is 26.9 Å². The molecule has 1 aromatic heterocycles. The lowest BCUT2D eigenvalue weighted by Gasteiger charge is -2.15. The number of hydrogen-bond donors (Lipinski definition) is 0. The van der Waals surface area contributed by atoms with Crippen LogP contribution in [-0.4, -0.2) is 31.5 Å². The van der Waals surface area contributed by atoms with E-state index in [1.807, 2.05) is 66.9 Å². The number of methoxy groups -OCH3 is 1. The minimum absolute atomic E-state index is 0.121. The van der Waals surface area contributed by atoms with Crippen molar-refractivity contribution in [1.29, 1.82) is 0 Å². The van der Waals surface area contributed by atoms with E-state index in [4.69, 9.17) is 18.9 Å². The van der Waals surface area contributed by atoms with E-state index >= 15 is 0 Å². The molecule has 0 spiro atoms. The summed E-state index contributed by atoms with van der Waals surface area (Å²) in [6.07, 6.45) is 2.45. The zero-order valence-corrected chi connectivity index (χ0v) is 18.3. The van der Waals surface area contributed by atoms with E-state index in [-0.39, 0.29) is 5.43 Å². The Balaban J connectivity index is 1.47. The number of pyridine rings is 1. The van der Waals surface area contributed by atoms with Crippen molar-refractivity contribution in [1.82, 2.24) is 4.57 Å². The fraction of sp³-hybridized carbons (Fsp3) is 0.320. The van der Waals surface area contributed by atoms with Gasteiger partial charge in [0.25, 0.3) is 0 Å². The van der Waals surface area contributed by atoms with Crippen LogP contribution in [0.15, 0.2) is 65.6 Å². The third kappa shape index (κ3) is 6.54. The lowest BCUT2D eigenvalue weighted by molar-refractivity contribution is 0.242. The van der Waals surface area contributed by atoms with Crippen molar-refractivity contribution in [3.63, 3.8) is 0 Å². The molecule has 0 aliphatic carbocycles. The smallest absolute Gasteiger partial charge is 0.223 e. The molecule has 0 bridgehead atoms. The Morgan fingerprint density at radius 1 is 0.742 bits per heavy atom. The molecule has 0 N–H and O–H groups in total. The summed E-state index contributed by atoms with van der Waals surface area (Å²) < 4.78 is 24.4. The number of aromatic nitrogens is 1. The molecule has 3 aromatic rings. The summed E-state index contributed by atoms with van der Waals surface area (Å²) in [6.45, 7) is 5.93. The van der Waals surface area contributed by atoms with Crippen LogP contribution < -0.4 is 24.4 Å². The standard InChI is InChI=1S/C25H29NO5/c1-19-5-7-22(8-6-19)29-16-4-17-31-25-20(2)26(14-13-24(25)27)15-18-30-23-11-9-21(28-3)10-12-23/h5-14H,4,15-18H2,1-3H3. The maximum Gasteiger partial charge on any atom is 0.223 e. The Morgan fingerprint density at radius 2 is 1.32 bits per heavy atom. The van der Waals surface area contributed by atoms with Gasteiger partial charge in [-0.05, 0) is 50.2 Å². The topological polar surface area (TPSA) is 58.9 Å². The van der Waals surface area contributed by atoms with Crippen molar-refractivity contribution in [2.45, 2.75) is 26.8 Å². The summed E-state index contributed by atoms with van der Waals surface area (Å²) in [5.74, 6) is 2.77. The van der Waals surface area contributed by atoms with E-state index < -0.39 is 0 Å². The van der Waals surface area contributed by atoms with Gasteiger partial charge in [-0.2, -0.15) is 0 Å². The first-order valence-electron chi connectivity index (χ1n) is 10.4. The predicted octanol–water partition coefficient (Wildman–Crippen LogP) is 4.40. The normalized spacial score (nSPS) is 10.5. The second kappa shape index (κ2) is 11.1. The Bertz CT molecular complexity index is 1010. The van der Waals surface area contributed by atoms with Gasteiger partial charge in [-0.25, -0.2) is 0 Å². The molecule has 0 unspecified atom stereocenters. The van der Waals surface area contributed by atoms with Crippen molar-refractivity contribution in [3.8, 4) is 23.0 Å². The van der Waals surface area contributed by atoms with E-state index in [9.17, 15) is 4.79 Å². The first-order chi connectivity index (χ1) is 15.1. The molecule has 0 amide bonds. The van der Waals surface area contributed by atoms with E-state index in [1.165, 1.54) is 11.6 Å². The molecule has 0 saturated carbocycles. The lowest BCUT2D eigenvalue weighted by atomic mass is 10.2. The minimum Gasteiger partial charge on any atom is -0.497 e. The van der Waals surface area contributed by atoms with E-state index in [0.717, 1.165) is 22.9 Å². The molecule has 6 heteroatoms. The SMILES string of the molecule is COc1ccc(OCCn2ccc(=O)c(OCCCOc3ccc(C)cc3)c2C)cc1. The molecule has 0 aliphatic rings. The number of aryl methyl sites for hydroxylation is 1. The van der Waals surface area contributed by atoms with Crippen LogP contribution in [0.1, 0.15) is 17.7 Å². The van der Waals surface area contributed by atoms with Gasteiger partial charge in [0.15, 0.2) is 5.75 Å². The molecule has 0 atom stereocenters. The van der Waals surface area contributed by atoms with Crippen LogP contribution in [0.5, 0.6) is 23.0 Å². The summed E-state index contributed by atoms with van der Waals surface area (Å²) in [7, 11) is 1.63. The van der Waals surface area contributed by atoms with Gasteiger partial charge in [-0.3, -0.25) is 4.79 Å². The highest BCUT2D eigenvalue weighted by Crippen LogP contribution is 2.18. The summed E-state index contributed by atoms with van der Waals surface area (Å²) >= 11 is 0. The molecule has 0 fully saturated rings. The van der Waals surface area contributed by atoms with Gasteiger partial charge in [-0.1, -0.05) is 17.7 Å². The van der Waals surface area contributed by atoms with Crippen LogP contribution in [0.3, 0.4) is 0 Å². The monoisotopic (exact) mass is 423 g/mol. The number of nitrogens with zero attached hydrogens (tertiary/aromatic N) is 1. The number of benzene rings is 2. The quantitative estimate of drug-likeness (QED) is 0.428. The fourth-order valence-electron chi connectivity index (χ4n) is 3.06. The molecule has 3 rings (SSSR count). The molecule has 0 aliphatic heterocycles. The van der Waals surface area contributed by atoms with Crippen molar-refractivity contribution in [3.05, 3.63) is 82.3 Å². The van der Waals surface area contributed by atoms with Crippen molar-refractivity contribution in [2.24, 2.45) is 0 Å². The summed E-state index contributed by atoms with van der Waals surface area (Å²) in [5.41, 5.74) is 1.86.